The molecule has 0 bridgehead atoms. The molecule has 0 radical (unpaired) electrons. The lowest BCUT2D eigenvalue weighted by molar-refractivity contribution is -0.139. The van der Waals surface area contributed by atoms with Gasteiger partial charge in [0.05, 0.1) is 18.5 Å². The van der Waals surface area contributed by atoms with E-state index in [1.807, 2.05) is 65.6 Å². The first-order valence-electron chi connectivity index (χ1n) is 24.7. The zero-order chi connectivity index (χ0) is 48.1. The minimum atomic E-state index is -0.396. The summed E-state index contributed by atoms with van der Waals surface area (Å²) in [6, 6.07) is 36.4. The molecule has 2 fully saturated rings. The molecule has 68 heavy (non-hydrogen) atoms. The SMILES string of the molecule is CCCC(=CC(C(=O)N(Cc1nc(-c2ccc(-c3ccc(-c4nc(C5CC6CC6N5C(=O)C(c5ccccc5)N(CC)CC)[nH]c4Cl)cc3)cc2)c(Cl)[nH]1)CC(C)(C)CC)c1ccccc1)CC. The molecule has 2 N–H and O–H groups in total. The third-order valence-corrected chi connectivity index (χ3v) is 14.9. The number of imidazole rings is 2. The van der Waals surface area contributed by atoms with Crippen molar-refractivity contribution < 1.29 is 9.59 Å². The zero-order valence-corrected chi connectivity index (χ0v) is 42.2. The van der Waals surface area contributed by atoms with Crippen LogP contribution in [0.4, 0.5) is 0 Å². The topological polar surface area (TPSA) is 101 Å². The van der Waals surface area contributed by atoms with Crippen molar-refractivity contribution in [2.75, 3.05) is 19.6 Å². The summed E-state index contributed by atoms with van der Waals surface area (Å²) in [6.45, 7) is 17.6. The average molecular weight is 953 g/mol. The molecule has 11 heteroatoms. The molecule has 2 amide bonds. The van der Waals surface area contributed by atoms with Gasteiger partial charge in [0.2, 0.25) is 11.8 Å². The van der Waals surface area contributed by atoms with Crippen LogP contribution < -0.4 is 0 Å². The van der Waals surface area contributed by atoms with Crippen LogP contribution >= 0.6 is 23.2 Å². The maximum atomic E-state index is 14.7. The van der Waals surface area contributed by atoms with Crippen molar-refractivity contribution in [2.24, 2.45) is 11.3 Å². The predicted molar refractivity (Wildman–Crippen MR) is 277 cm³/mol. The average Bonchev–Trinajstić information content (AvgIpc) is 3.62. The van der Waals surface area contributed by atoms with Crippen molar-refractivity contribution in [3.63, 3.8) is 0 Å². The Morgan fingerprint density at radius 2 is 1.31 bits per heavy atom. The lowest BCUT2D eigenvalue weighted by Gasteiger charge is -2.35. The fraction of sp³-hybridized carbons (Fsp3) is 0.404. The Balaban J connectivity index is 0.984. The molecule has 8 rings (SSSR count). The van der Waals surface area contributed by atoms with Gasteiger partial charge in [-0.1, -0.05) is 199 Å². The van der Waals surface area contributed by atoms with E-state index >= 15 is 0 Å². The minimum absolute atomic E-state index is 0.0612. The lowest BCUT2D eigenvalue weighted by Crippen LogP contribution is -2.44. The molecule has 2 aliphatic rings. The number of benzene rings is 4. The molecule has 2 aromatic heterocycles. The molecular weight excluding hydrogens is 886 g/mol. The maximum absolute atomic E-state index is 14.7. The molecule has 356 valence electrons. The summed E-state index contributed by atoms with van der Waals surface area (Å²) in [5, 5.41) is 0.906. The number of nitrogens with zero attached hydrogens (tertiary/aromatic N) is 5. The number of nitrogens with one attached hydrogen (secondary N) is 2. The minimum Gasteiger partial charge on any atom is -0.334 e. The van der Waals surface area contributed by atoms with Crippen LogP contribution in [0.3, 0.4) is 0 Å². The molecular formula is C57H67Cl2N7O2. The first-order valence-corrected chi connectivity index (χ1v) is 25.5. The Morgan fingerprint density at radius 3 is 1.87 bits per heavy atom. The Hall–Kier alpha value is -5.48. The van der Waals surface area contributed by atoms with Crippen LogP contribution in [0.15, 0.2) is 121 Å². The number of likely N-dealkylation sites (N-methyl/N-ethyl adjacent to an activating group) is 1. The highest BCUT2D eigenvalue weighted by Crippen LogP contribution is 2.54. The van der Waals surface area contributed by atoms with Crippen molar-refractivity contribution in [3.8, 4) is 33.6 Å². The number of fused-ring (bicyclic) bond motifs is 1. The molecule has 9 nitrogen and oxygen atoms in total. The van der Waals surface area contributed by atoms with Gasteiger partial charge in [0, 0.05) is 23.7 Å². The highest BCUT2D eigenvalue weighted by molar-refractivity contribution is 6.32. The summed E-state index contributed by atoms with van der Waals surface area (Å²) in [4.78, 5) is 52.4. The molecule has 1 aliphatic heterocycles. The van der Waals surface area contributed by atoms with Crippen LogP contribution in [0, 0.1) is 11.3 Å². The largest absolute Gasteiger partial charge is 0.334 e. The normalized spacial score (nSPS) is 17.9. The van der Waals surface area contributed by atoms with E-state index in [0.717, 1.165) is 90.8 Å². The van der Waals surface area contributed by atoms with Crippen LogP contribution in [0.1, 0.15) is 128 Å². The summed E-state index contributed by atoms with van der Waals surface area (Å²) >= 11 is 13.8. The summed E-state index contributed by atoms with van der Waals surface area (Å²) in [6.07, 6.45) is 7.94. The van der Waals surface area contributed by atoms with Gasteiger partial charge < -0.3 is 19.8 Å². The number of H-pyrrole nitrogens is 2. The first-order chi connectivity index (χ1) is 32.9. The molecule has 1 saturated heterocycles. The Morgan fingerprint density at radius 1 is 0.750 bits per heavy atom. The summed E-state index contributed by atoms with van der Waals surface area (Å²) < 4.78 is 0. The van der Waals surface area contributed by atoms with Crippen molar-refractivity contribution in [2.45, 2.75) is 118 Å². The zero-order valence-electron chi connectivity index (χ0n) is 40.7. The van der Waals surface area contributed by atoms with Gasteiger partial charge in [0.25, 0.3) is 0 Å². The molecule has 6 aromatic rings. The van der Waals surface area contributed by atoms with Gasteiger partial charge in [-0.25, -0.2) is 9.97 Å². The Labute approximate surface area is 413 Å². The summed E-state index contributed by atoms with van der Waals surface area (Å²) in [5.41, 5.74) is 8.38. The number of halogens is 2. The number of carbonyl (C=O) groups is 2. The van der Waals surface area contributed by atoms with Crippen molar-refractivity contribution >= 4 is 35.0 Å². The fourth-order valence-corrected chi connectivity index (χ4v) is 10.5. The van der Waals surface area contributed by atoms with E-state index < -0.39 is 5.92 Å². The first kappa shape index (κ1) is 49.0. The third-order valence-electron chi connectivity index (χ3n) is 14.3. The number of hydrogen-bond acceptors (Lipinski definition) is 5. The van der Waals surface area contributed by atoms with E-state index in [1.165, 1.54) is 5.57 Å². The number of aromatic amines is 2. The van der Waals surface area contributed by atoms with Crippen molar-refractivity contribution in [1.29, 1.82) is 0 Å². The summed E-state index contributed by atoms with van der Waals surface area (Å²) in [5.74, 6) is 1.66. The summed E-state index contributed by atoms with van der Waals surface area (Å²) in [7, 11) is 0. The molecule has 5 unspecified atom stereocenters. The second kappa shape index (κ2) is 21.4. The quantitative estimate of drug-likeness (QED) is 0.0743. The molecule has 4 aromatic carbocycles. The van der Waals surface area contributed by atoms with Gasteiger partial charge in [-0.2, -0.15) is 0 Å². The highest BCUT2D eigenvalue weighted by Gasteiger charge is 2.56. The van der Waals surface area contributed by atoms with Gasteiger partial charge >= 0.3 is 0 Å². The third kappa shape index (κ3) is 10.7. The van der Waals surface area contributed by atoms with E-state index in [4.69, 9.17) is 33.2 Å². The van der Waals surface area contributed by atoms with Crippen LogP contribution in [0.25, 0.3) is 33.6 Å². The molecule has 1 saturated carbocycles. The molecule has 0 spiro atoms. The lowest BCUT2D eigenvalue weighted by atomic mass is 9.88. The van der Waals surface area contributed by atoms with Gasteiger partial charge in [0.1, 0.15) is 39.4 Å². The number of carbonyl (C=O) groups excluding carboxylic acids is 2. The Kier molecular flexibility index (Phi) is 15.4. The Bertz CT molecular complexity index is 2670. The van der Waals surface area contributed by atoms with Crippen molar-refractivity contribution in [3.05, 3.63) is 154 Å². The van der Waals surface area contributed by atoms with Crippen LogP contribution in [-0.4, -0.2) is 72.1 Å². The number of piperidine rings is 1. The van der Waals surface area contributed by atoms with Gasteiger partial charge in [-0.05, 0) is 78.8 Å². The monoisotopic (exact) mass is 951 g/mol. The number of amides is 2. The van der Waals surface area contributed by atoms with Crippen LogP contribution in [-0.2, 0) is 16.1 Å². The van der Waals surface area contributed by atoms with E-state index in [0.29, 0.717) is 46.5 Å². The second-order valence-corrected chi connectivity index (χ2v) is 20.2. The number of rotatable bonds is 20. The smallest absolute Gasteiger partial charge is 0.245 e. The van der Waals surface area contributed by atoms with Gasteiger partial charge in [-0.15, -0.1) is 0 Å². The van der Waals surface area contributed by atoms with Gasteiger partial charge in [-0.3, -0.25) is 14.5 Å². The number of allylic oxidation sites excluding steroid dienone is 1. The highest BCUT2D eigenvalue weighted by atomic mass is 35.5. The predicted octanol–water partition coefficient (Wildman–Crippen LogP) is 13.9. The van der Waals surface area contributed by atoms with E-state index in [1.54, 1.807) is 0 Å². The molecule has 1 aliphatic carbocycles. The molecule has 5 atom stereocenters. The van der Waals surface area contributed by atoms with Crippen LogP contribution in [0.2, 0.25) is 10.3 Å². The second-order valence-electron chi connectivity index (χ2n) is 19.4. The van der Waals surface area contributed by atoms with Gasteiger partial charge in [0.15, 0.2) is 0 Å². The van der Waals surface area contributed by atoms with E-state index in [2.05, 4.69) is 123 Å². The number of hydrogen-bond donors (Lipinski definition) is 2. The van der Waals surface area contributed by atoms with E-state index in [-0.39, 0.29) is 35.4 Å². The van der Waals surface area contributed by atoms with Crippen LogP contribution in [0.5, 0.6) is 0 Å². The number of aromatic nitrogens is 4. The van der Waals surface area contributed by atoms with E-state index in [9.17, 15) is 9.59 Å². The maximum Gasteiger partial charge on any atom is 0.245 e. The number of likely N-dealkylation sites (tertiary alicyclic amines) is 1. The molecule has 3 heterocycles. The standard InChI is InChI=1S/C57H67Cl2N7O2/c1-8-19-37(9-2)32-45(40-20-15-13-16-21-40)55(67)65(36-57(6,7)10-3)35-48-60-49(52(58)61-48)41-28-24-38(25-29-41)39-26-30-42(31-27-39)50-53(59)63-54(62-50)47-34-44-33-46(44)66(47)56(68)51(64(11-4)12-5)43-22-17-14-18-23-43/h13-18,20-32,44-47,51H,8-12,19,33-36H2,1-7H3,(H,60,61)(H,62,63). The fourth-order valence-electron chi connectivity index (χ4n) is 10.0. The van der Waals surface area contributed by atoms with Crippen molar-refractivity contribution in [1.82, 2.24) is 34.6 Å².